The highest BCUT2D eigenvalue weighted by Gasteiger charge is 2.16. The number of nitrogens with one attached hydrogen (secondary N) is 2. The molecule has 0 saturated heterocycles. The van der Waals surface area contributed by atoms with E-state index in [0.717, 1.165) is 32.6 Å². The van der Waals surface area contributed by atoms with Crippen molar-refractivity contribution in [2.45, 2.75) is 13.8 Å². The number of thiocarbonyl (C=S) groups is 1. The third-order valence-corrected chi connectivity index (χ3v) is 6.05. The van der Waals surface area contributed by atoms with Crippen LogP contribution >= 0.6 is 46.8 Å². The van der Waals surface area contributed by atoms with Crippen molar-refractivity contribution < 1.29 is 4.79 Å². The third kappa shape index (κ3) is 4.01. The molecule has 11 heteroatoms. The fraction of sp³-hybridized carbons (Fsp3) is 0.105. The van der Waals surface area contributed by atoms with Gasteiger partial charge in [-0.15, -0.1) is 10.2 Å². The molecule has 2 N–H and O–H groups in total. The van der Waals surface area contributed by atoms with Crippen molar-refractivity contribution in [2.75, 3.05) is 5.32 Å². The van der Waals surface area contributed by atoms with E-state index >= 15 is 0 Å². The van der Waals surface area contributed by atoms with Gasteiger partial charge in [-0.1, -0.05) is 46.7 Å². The molecule has 2 aromatic carbocycles. The summed E-state index contributed by atoms with van der Waals surface area (Å²) in [6.07, 6.45) is 0. The Bertz CT molecular complexity index is 1300. The van der Waals surface area contributed by atoms with Crippen LogP contribution < -0.4 is 10.6 Å². The van der Waals surface area contributed by atoms with Crippen LogP contribution in [0, 0.1) is 13.8 Å². The molecule has 0 saturated carbocycles. The normalized spacial score (nSPS) is 10.9. The Morgan fingerprint density at radius 3 is 2.70 bits per heavy atom. The largest absolute Gasteiger partial charge is 0.332 e. The molecule has 0 bridgehead atoms. The third-order valence-electron chi connectivity index (χ3n) is 4.36. The Labute approximate surface area is 191 Å². The van der Waals surface area contributed by atoms with E-state index in [1.807, 2.05) is 32.0 Å². The standard InChI is InChI=1S/C19H14Cl2N6OS2/c1-9-12(17-26-27-10(2)24-25-19(27)30-17)4-3-5-15(9)22-18(29)23-16(28)13-7-6-11(20)8-14(13)21/h3-8H,1-2H3,(H2,22,23,28,29). The van der Waals surface area contributed by atoms with E-state index in [0.29, 0.717) is 5.02 Å². The fourth-order valence-electron chi connectivity index (χ4n) is 2.82. The fourth-order valence-corrected chi connectivity index (χ4v) is 4.49. The summed E-state index contributed by atoms with van der Waals surface area (Å²) in [6, 6.07) is 10.4. The SMILES string of the molecule is Cc1c(NC(=S)NC(=O)c2ccc(Cl)cc2Cl)cccc1-c1nn2c(C)nnc2s1. The predicted octanol–water partition coefficient (Wildman–Crippen LogP) is 4.90. The number of hydrogen-bond donors (Lipinski definition) is 2. The zero-order chi connectivity index (χ0) is 21.4. The number of aryl methyl sites for hydroxylation is 1. The summed E-state index contributed by atoms with van der Waals surface area (Å²) in [4.78, 5) is 13.2. The summed E-state index contributed by atoms with van der Waals surface area (Å²) in [7, 11) is 0. The molecule has 30 heavy (non-hydrogen) atoms. The zero-order valence-corrected chi connectivity index (χ0v) is 18.9. The van der Waals surface area contributed by atoms with Gasteiger partial charge in [0.25, 0.3) is 5.91 Å². The summed E-state index contributed by atoms with van der Waals surface area (Å²) in [5.41, 5.74) is 2.90. The first-order valence-electron chi connectivity index (χ1n) is 8.69. The van der Waals surface area contributed by atoms with Gasteiger partial charge in [0.1, 0.15) is 5.01 Å². The molecule has 7 nitrogen and oxygen atoms in total. The number of halogens is 2. The maximum absolute atomic E-state index is 12.5. The Morgan fingerprint density at radius 1 is 1.17 bits per heavy atom. The van der Waals surface area contributed by atoms with E-state index in [1.165, 1.54) is 17.4 Å². The Hall–Kier alpha value is -2.59. The van der Waals surface area contributed by atoms with Crippen LogP contribution in [0.4, 0.5) is 5.69 Å². The topological polar surface area (TPSA) is 84.2 Å². The van der Waals surface area contributed by atoms with Crippen LogP contribution in [0.15, 0.2) is 36.4 Å². The minimum Gasteiger partial charge on any atom is -0.332 e. The first-order valence-corrected chi connectivity index (χ1v) is 10.7. The van der Waals surface area contributed by atoms with Crippen LogP contribution in [0.2, 0.25) is 10.0 Å². The second kappa shape index (κ2) is 8.27. The second-order valence-corrected chi connectivity index (χ2v) is 8.57. The van der Waals surface area contributed by atoms with E-state index in [-0.39, 0.29) is 15.7 Å². The number of anilines is 1. The second-order valence-electron chi connectivity index (χ2n) is 6.36. The molecule has 4 aromatic rings. The number of hydrogen-bond acceptors (Lipinski definition) is 6. The molecule has 2 aromatic heterocycles. The van der Waals surface area contributed by atoms with Crippen molar-refractivity contribution in [2.24, 2.45) is 0 Å². The molecule has 4 rings (SSSR count). The highest BCUT2D eigenvalue weighted by molar-refractivity contribution is 7.80. The maximum Gasteiger partial charge on any atom is 0.258 e. The Morgan fingerprint density at radius 2 is 1.97 bits per heavy atom. The number of carbonyl (C=O) groups is 1. The lowest BCUT2D eigenvalue weighted by Gasteiger charge is -2.14. The zero-order valence-electron chi connectivity index (χ0n) is 15.7. The molecule has 0 unspecified atom stereocenters. The molecular formula is C19H14Cl2N6OS2. The van der Waals surface area contributed by atoms with Crippen LogP contribution in [0.25, 0.3) is 15.5 Å². The van der Waals surface area contributed by atoms with Crippen LogP contribution in [0.1, 0.15) is 21.7 Å². The summed E-state index contributed by atoms with van der Waals surface area (Å²) in [5, 5.41) is 20.1. The number of benzene rings is 2. The van der Waals surface area contributed by atoms with E-state index in [9.17, 15) is 4.79 Å². The first-order chi connectivity index (χ1) is 14.3. The van der Waals surface area contributed by atoms with Crippen molar-refractivity contribution in [3.63, 3.8) is 0 Å². The number of nitrogens with zero attached hydrogens (tertiary/aromatic N) is 4. The predicted molar refractivity (Wildman–Crippen MR) is 124 cm³/mol. The van der Waals surface area contributed by atoms with E-state index in [1.54, 1.807) is 16.6 Å². The molecule has 1 amide bonds. The molecule has 152 valence electrons. The molecule has 0 aliphatic heterocycles. The van der Waals surface area contributed by atoms with Gasteiger partial charge in [-0.05, 0) is 55.9 Å². The lowest BCUT2D eigenvalue weighted by Crippen LogP contribution is -2.34. The van der Waals surface area contributed by atoms with Crippen molar-refractivity contribution in [1.29, 1.82) is 0 Å². The Kier molecular flexibility index (Phi) is 5.70. The van der Waals surface area contributed by atoms with E-state index in [2.05, 4.69) is 25.9 Å². The van der Waals surface area contributed by atoms with Gasteiger partial charge < -0.3 is 5.32 Å². The number of aromatic nitrogens is 4. The van der Waals surface area contributed by atoms with E-state index < -0.39 is 5.91 Å². The van der Waals surface area contributed by atoms with E-state index in [4.69, 9.17) is 35.4 Å². The lowest BCUT2D eigenvalue weighted by atomic mass is 10.1. The molecule has 0 atom stereocenters. The molecule has 0 spiro atoms. The number of carbonyl (C=O) groups excluding carboxylic acids is 1. The van der Waals surface area contributed by atoms with Gasteiger partial charge in [0, 0.05) is 16.3 Å². The van der Waals surface area contributed by atoms with Crippen LogP contribution in [0.5, 0.6) is 0 Å². The molecule has 0 fully saturated rings. The van der Waals surface area contributed by atoms with Gasteiger partial charge in [-0.2, -0.15) is 9.61 Å². The van der Waals surface area contributed by atoms with Crippen molar-refractivity contribution in [1.82, 2.24) is 25.1 Å². The van der Waals surface area contributed by atoms with Gasteiger partial charge >= 0.3 is 0 Å². The summed E-state index contributed by atoms with van der Waals surface area (Å²) < 4.78 is 1.71. The summed E-state index contributed by atoms with van der Waals surface area (Å²) in [5.74, 6) is 0.302. The minimum atomic E-state index is -0.424. The Balaban J connectivity index is 1.54. The van der Waals surface area contributed by atoms with Gasteiger partial charge in [0.05, 0.1) is 10.6 Å². The van der Waals surface area contributed by atoms with Crippen molar-refractivity contribution in [3.05, 3.63) is 63.4 Å². The molecular weight excluding hydrogens is 463 g/mol. The van der Waals surface area contributed by atoms with Gasteiger partial charge in [-0.25, -0.2) is 0 Å². The molecule has 0 aliphatic carbocycles. The monoisotopic (exact) mass is 476 g/mol. The number of amides is 1. The highest BCUT2D eigenvalue weighted by Crippen LogP contribution is 2.31. The average Bonchev–Trinajstić information content (AvgIpc) is 3.25. The highest BCUT2D eigenvalue weighted by atomic mass is 35.5. The van der Waals surface area contributed by atoms with Crippen molar-refractivity contribution >= 4 is 68.4 Å². The average molecular weight is 477 g/mol. The number of fused-ring (bicyclic) bond motifs is 1. The van der Waals surface area contributed by atoms with Crippen molar-refractivity contribution in [3.8, 4) is 10.6 Å². The van der Waals surface area contributed by atoms with Gasteiger partial charge in [-0.3, -0.25) is 10.1 Å². The maximum atomic E-state index is 12.5. The lowest BCUT2D eigenvalue weighted by molar-refractivity contribution is 0.0978. The van der Waals surface area contributed by atoms with Crippen LogP contribution in [-0.4, -0.2) is 30.8 Å². The molecule has 0 radical (unpaired) electrons. The van der Waals surface area contributed by atoms with Crippen LogP contribution in [0.3, 0.4) is 0 Å². The first kappa shape index (κ1) is 20.7. The molecule has 0 aliphatic rings. The van der Waals surface area contributed by atoms with Gasteiger partial charge in [0.2, 0.25) is 4.96 Å². The minimum absolute atomic E-state index is 0.153. The van der Waals surface area contributed by atoms with Crippen LogP contribution in [-0.2, 0) is 0 Å². The number of rotatable bonds is 3. The smallest absolute Gasteiger partial charge is 0.258 e. The summed E-state index contributed by atoms with van der Waals surface area (Å²) in [6.45, 7) is 3.80. The molecule has 2 heterocycles. The van der Waals surface area contributed by atoms with Gasteiger partial charge in [0.15, 0.2) is 10.9 Å². The summed E-state index contributed by atoms with van der Waals surface area (Å²) >= 11 is 18.7. The quantitative estimate of drug-likeness (QED) is 0.409.